The summed E-state index contributed by atoms with van der Waals surface area (Å²) in [5.41, 5.74) is -0.0797. The smallest absolute Gasteiger partial charge is 0.273 e. The van der Waals surface area contributed by atoms with Crippen molar-refractivity contribution in [3.63, 3.8) is 0 Å². The Morgan fingerprint density at radius 2 is 2.50 bits per heavy atom. The van der Waals surface area contributed by atoms with E-state index in [-0.39, 0.29) is 5.56 Å². The zero-order valence-corrected chi connectivity index (χ0v) is 9.08. The molecule has 0 unspecified atom stereocenters. The van der Waals surface area contributed by atoms with Gasteiger partial charge in [-0.1, -0.05) is 22.9 Å². The Hall–Kier alpha value is -1.14. The maximum absolute atomic E-state index is 10.8. The van der Waals surface area contributed by atoms with Crippen LogP contribution < -0.4 is 10.3 Å². The molecule has 74 valence electrons. The molecule has 0 atom stereocenters. The first-order valence-electron chi connectivity index (χ1n) is 3.96. The number of aromatic nitrogens is 2. The third kappa shape index (κ3) is 2.21. The van der Waals surface area contributed by atoms with Crippen molar-refractivity contribution in [1.29, 1.82) is 0 Å². The molecule has 0 saturated carbocycles. The predicted molar refractivity (Wildman–Crippen MR) is 56.1 cm³/mol. The summed E-state index contributed by atoms with van der Waals surface area (Å²) in [6.07, 6.45) is 1.76. The number of aromatic amines is 1. The second kappa shape index (κ2) is 3.93. The van der Waals surface area contributed by atoms with Crippen LogP contribution in [0, 0.1) is 6.92 Å². The Morgan fingerprint density at radius 1 is 1.64 bits per heavy atom. The molecule has 0 aromatic carbocycles. The van der Waals surface area contributed by atoms with Crippen molar-refractivity contribution < 1.29 is 4.74 Å². The van der Waals surface area contributed by atoms with Crippen molar-refractivity contribution in [2.75, 3.05) is 0 Å². The van der Waals surface area contributed by atoms with Gasteiger partial charge in [-0.3, -0.25) is 9.17 Å². The number of thiazole rings is 1. The van der Waals surface area contributed by atoms with E-state index >= 15 is 0 Å². The molecule has 0 spiro atoms. The standard InChI is InChI=1S/C8H8N2O2S2/c1-5-3-9-8(13-5)12-4-6-2-7(11)10-14-6/h2-3H,4H2,1H3,(H,10,11). The maximum Gasteiger partial charge on any atom is 0.273 e. The molecule has 0 bridgehead atoms. The van der Waals surface area contributed by atoms with E-state index in [0.717, 1.165) is 9.75 Å². The summed E-state index contributed by atoms with van der Waals surface area (Å²) in [4.78, 5) is 16.8. The highest BCUT2D eigenvalue weighted by atomic mass is 32.1. The summed E-state index contributed by atoms with van der Waals surface area (Å²) in [5.74, 6) is 0. The zero-order valence-electron chi connectivity index (χ0n) is 7.44. The maximum atomic E-state index is 10.8. The first-order chi connectivity index (χ1) is 6.74. The van der Waals surface area contributed by atoms with Gasteiger partial charge in [0.05, 0.1) is 4.88 Å². The summed E-state index contributed by atoms with van der Waals surface area (Å²) in [7, 11) is 0. The van der Waals surface area contributed by atoms with Gasteiger partial charge >= 0.3 is 0 Å². The van der Waals surface area contributed by atoms with Gasteiger partial charge in [-0.25, -0.2) is 4.98 Å². The number of aryl methyl sites for hydroxylation is 1. The lowest BCUT2D eigenvalue weighted by atomic mass is 10.5. The zero-order chi connectivity index (χ0) is 9.97. The fraction of sp³-hybridized carbons (Fsp3) is 0.250. The van der Waals surface area contributed by atoms with Crippen LogP contribution in [0.25, 0.3) is 0 Å². The summed E-state index contributed by atoms with van der Waals surface area (Å²) in [6.45, 7) is 2.37. The van der Waals surface area contributed by atoms with E-state index in [9.17, 15) is 4.79 Å². The summed E-state index contributed by atoms with van der Waals surface area (Å²) < 4.78 is 7.98. The second-order valence-corrected chi connectivity index (χ2v) is 4.83. The monoisotopic (exact) mass is 228 g/mol. The van der Waals surface area contributed by atoms with Crippen molar-refractivity contribution in [2.45, 2.75) is 13.5 Å². The summed E-state index contributed by atoms with van der Waals surface area (Å²) in [6, 6.07) is 1.53. The number of hydrogen-bond acceptors (Lipinski definition) is 5. The lowest BCUT2D eigenvalue weighted by Crippen LogP contribution is -1.95. The fourth-order valence-electron chi connectivity index (χ4n) is 0.926. The molecular formula is C8H8N2O2S2. The summed E-state index contributed by atoms with van der Waals surface area (Å²) in [5, 5.41) is 0.642. The predicted octanol–water partition coefficient (Wildman–Crippen LogP) is 1.78. The highest BCUT2D eigenvalue weighted by Crippen LogP contribution is 2.20. The molecule has 0 fully saturated rings. The Balaban J connectivity index is 1.98. The second-order valence-electron chi connectivity index (χ2n) is 2.70. The Labute approximate surface area is 88.4 Å². The molecular weight excluding hydrogens is 220 g/mol. The fourth-order valence-corrected chi connectivity index (χ4v) is 2.10. The van der Waals surface area contributed by atoms with Crippen LogP contribution in [0.1, 0.15) is 9.75 Å². The molecule has 2 aromatic rings. The van der Waals surface area contributed by atoms with E-state index in [0.29, 0.717) is 11.8 Å². The number of H-pyrrole nitrogens is 1. The van der Waals surface area contributed by atoms with E-state index in [1.807, 2.05) is 6.92 Å². The topological polar surface area (TPSA) is 55.0 Å². The molecule has 2 aromatic heterocycles. The largest absolute Gasteiger partial charge is 0.464 e. The molecule has 0 radical (unpaired) electrons. The molecule has 2 rings (SSSR count). The van der Waals surface area contributed by atoms with Crippen LogP contribution in [0.15, 0.2) is 17.1 Å². The molecule has 2 heterocycles. The minimum Gasteiger partial charge on any atom is -0.464 e. The highest BCUT2D eigenvalue weighted by Gasteiger charge is 2.01. The number of nitrogens with one attached hydrogen (secondary N) is 1. The minimum absolute atomic E-state index is 0.0797. The SMILES string of the molecule is Cc1cnc(OCc2cc(=O)[nH]s2)s1. The van der Waals surface area contributed by atoms with Crippen molar-refractivity contribution in [3.05, 3.63) is 32.4 Å². The lowest BCUT2D eigenvalue weighted by Gasteiger charge is -1.97. The van der Waals surface area contributed by atoms with Crippen LogP contribution in [-0.4, -0.2) is 9.36 Å². The molecule has 6 heteroatoms. The highest BCUT2D eigenvalue weighted by molar-refractivity contribution is 7.13. The lowest BCUT2D eigenvalue weighted by molar-refractivity contribution is 0.308. The van der Waals surface area contributed by atoms with Gasteiger partial charge in [0.2, 0.25) is 0 Å². The molecule has 0 aliphatic carbocycles. The van der Waals surface area contributed by atoms with Crippen LogP contribution >= 0.6 is 22.9 Å². The molecule has 4 nitrogen and oxygen atoms in total. The van der Waals surface area contributed by atoms with Crippen LogP contribution in [0.3, 0.4) is 0 Å². The van der Waals surface area contributed by atoms with Gasteiger partial charge in [-0.15, -0.1) is 0 Å². The van der Waals surface area contributed by atoms with E-state index in [2.05, 4.69) is 9.36 Å². The molecule has 0 amide bonds. The molecule has 0 aliphatic heterocycles. The third-order valence-electron chi connectivity index (χ3n) is 1.51. The number of nitrogens with zero attached hydrogens (tertiary/aromatic N) is 1. The van der Waals surface area contributed by atoms with Gasteiger partial charge in [0, 0.05) is 17.1 Å². The van der Waals surface area contributed by atoms with E-state index in [1.165, 1.54) is 28.9 Å². The van der Waals surface area contributed by atoms with Gasteiger partial charge in [-0.2, -0.15) is 0 Å². The third-order valence-corrected chi connectivity index (χ3v) is 3.14. The van der Waals surface area contributed by atoms with Gasteiger partial charge in [0.1, 0.15) is 6.61 Å². The first-order valence-corrected chi connectivity index (χ1v) is 5.60. The Kier molecular flexibility index (Phi) is 2.64. The Morgan fingerprint density at radius 3 is 3.07 bits per heavy atom. The summed E-state index contributed by atoms with van der Waals surface area (Å²) >= 11 is 2.79. The normalized spacial score (nSPS) is 10.4. The number of hydrogen-bond donors (Lipinski definition) is 1. The van der Waals surface area contributed by atoms with Crippen LogP contribution in [0.5, 0.6) is 5.19 Å². The average molecular weight is 228 g/mol. The number of rotatable bonds is 3. The van der Waals surface area contributed by atoms with Gasteiger partial charge < -0.3 is 4.74 Å². The number of ether oxygens (including phenoxy) is 1. The average Bonchev–Trinajstić information content (AvgIpc) is 2.72. The minimum atomic E-state index is -0.0797. The Bertz CT molecular complexity index is 471. The van der Waals surface area contributed by atoms with Crippen LogP contribution in [0.4, 0.5) is 0 Å². The van der Waals surface area contributed by atoms with E-state index < -0.39 is 0 Å². The quantitative estimate of drug-likeness (QED) is 0.871. The molecule has 1 N–H and O–H groups in total. The van der Waals surface area contributed by atoms with Gasteiger partial charge in [0.15, 0.2) is 0 Å². The van der Waals surface area contributed by atoms with E-state index in [1.54, 1.807) is 6.20 Å². The van der Waals surface area contributed by atoms with Crippen molar-refractivity contribution >= 4 is 22.9 Å². The van der Waals surface area contributed by atoms with Gasteiger partial charge in [0.25, 0.3) is 10.8 Å². The molecule has 0 saturated heterocycles. The molecule has 0 aliphatic rings. The van der Waals surface area contributed by atoms with Crippen molar-refractivity contribution in [3.8, 4) is 5.19 Å². The van der Waals surface area contributed by atoms with Crippen molar-refractivity contribution in [1.82, 2.24) is 9.36 Å². The van der Waals surface area contributed by atoms with Crippen LogP contribution in [-0.2, 0) is 6.61 Å². The van der Waals surface area contributed by atoms with Crippen LogP contribution in [0.2, 0.25) is 0 Å². The van der Waals surface area contributed by atoms with Crippen molar-refractivity contribution in [2.24, 2.45) is 0 Å². The van der Waals surface area contributed by atoms with E-state index in [4.69, 9.17) is 4.74 Å². The van der Waals surface area contributed by atoms with Gasteiger partial charge in [-0.05, 0) is 6.92 Å². The first kappa shape index (κ1) is 9.42. The molecule has 14 heavy (non-hydrogen) atoms.